The summed E-state index contributed by atoms with van der Waals surface area (Å²) in [6.45, 7) is 4.84. The van der Waals surface area contributed by atoms with Gasteiger partial charge < -0.3 is 10.3 Å². The maximum Gasteiger partial charge on any atom is 0.259 e. The number of aromatic nitrogens is 2. The summed E-state index contributed by atoms with van der Waals surface area (Å²) >= 11 is 1.71. The number of H-pyrrole nitrogens is 1. The van der Waals surface area contributed by atoms with Gasteiger partial charge in [-0.15, -0.1) is 11.3 Å². The normalized spacial score (nSPS) is 15.2. The van der Waals surface area contributed by atoms with Crippen LogP contribution in [0.4, 0.5) is 0 Å². The molecule has 0 spiro atoms. The van der Waals surface area contributed by atoms with Gasteiger partial charge in [0.05, 0.1) is 11.9 Å². The predicted molar refractivity (Wildman–Crippen MR) is 108 cm³/mol. The van der Waals surface area contributed by atoms with Crippen molar-refractivity contribution >= 4 is 21.6 Å². The Hall–Kier alpha value is -1.98. The van der Waals surface area contributed by atoms with Crippen molar-refractivity contribution in [3.05, 3.63) is 62.0 Å². The van der Waals surface area contributed by atoms with Gasteiger partial charge in [0.25, 0.3) is 5.56 Å². The zero-order valence-electron chi connectivity index (χ0n) is 15.4. The van der Waals surface area contributed by atoms with E-state index in [1.165, 1.54) is 34.4 Å². The smallest absolute Gasteiger partial charge is 0.259 e. The molecule has 0 bridgehead atoms. The molecule has 1 aliphatic carbocycles. The molecule has 4 rings (SSSR count). The van der Waals surface area contributed by atoms with E-state index in [2.05, 4.69) is 48.4 Å². The van der Waals surface area contributed by atoms with Crippen LogP contribution in [0, 0.1) is 6.92 Å². The standard InChI is InChI=1S/C21H25N3OS/c1-3-16(14-10-8-13(2)9-11-14)22-12-18-23-20(25)19-15-6-4-5-7-17(15)26-21(19)24-18/h8-11,16,22H,3-7,12H2,1-2H3,(H,23,24,25)/t16-/m1/s1. The highest BCUT2D eigenvalue weighted by Gasteiger charge is 2.20. The molecule has 0 radical (unpaired) electrons. The highest BCUT2D eigenvalue weighted by atomic mass is 32.1. The van der Waals surface area contributed by atoms with E-state index < -0.39 is 0 Å². The van der Waals surface area contributed by atoms with E-state index in [9.17, 15) is 4.79 Å². The molecular weight excluding hydrogens is 342 g/mol. The van der Waals surface area contributed by atoms with Crippen molar-refractivity contribution in [3.63, 3.8) is 0 Å². The molecular formula is C21H25N3OS. The molecule has 3 aromatic rings. The minimum Gasteiger partial charge on any atom is -0.309 e. The molecule has 4 nitrogen and oxygen atoms in total. The van der Waals surface area contributed by atoms with Gasteiger partial charge in [-0.2, -0.15) is 0 Å². The summed E-state index contributed by atoms with van der Waals surface area (Å²) in [5.41, 5.74) is 3.81. The number of rotatable bonds is 5. The lowest BCUT2D eigenvalue weighted by Crippen LogP contribution is -2.23. The molecule has 0 amide bonds. The van der Waals surface area contributed by atoms with E-state index in [1.807, 2.05) is 0 Å². The number of thiophene rings is 1. The van der Waals surface area contributed by atoms with Crippen molar-refractivity contribution < 1.29 is 0 Å². The first kappa shape index (κ1) is 17.4. The zero-order chi connectivity index (χ0) is 18.1. The van der Waals surface area contributed by atoms with Crippen molar-refractivity contribution in [1.82, 2.24) is 15.3 Å². The van der Waals surface area contributed by atoms with Crippen LogP contribution in [0.2, 0.25) is 0 Å². The van der Waals surface area contributed by atoms with Crippen molar-refractivity contribution in [2.75, 3.05) is 0 Å². The van der Waals surface area contributed by atoms with Crippen molar-refractivity contribution in [3.8, 4) is 0 Å². The SMILES string of the molecule is CC[C@@H](NCc1nc2sc3c(c2c(=O)[nH]1)CCCC3)c1ccc(C)cc1. The van der Waals surface area contributed by atoms with E-state index >= 15 is 0 Å². The van der Waals surface area contributed by atoms with Crippen LogP contribution in [0.15, 0.2) is 29.1 Å². The van der Waals surface area contributed by atoms with E-state index in [0.717, 1.165) is 35.3 Å². The summed E-state index contributed by atoms with van der Waals surface area (Å²) in [6, 6.07) is 8.88. The minimum absolute atomic E-state index is 0.0228. The van der Waals surface area contributed by atoms with Gasteiger partial charge in [0, 0.05) is 10.9 Å². The molecule has 1 aliphatic rings. The van der Waals surface area contributed by atoms with Gasteiger partial charge in [-0.05, 0) is 50.2 Å². The molecule has 5 heteroatoms. The lowest BCUT2D eigenvalue weighted by atomic mass is 9.97. The highest BCUT2D eigenvalue weighted by molar-refractivity contribution is 7.18. The Morgan fingerprint density at radius 2 is 2.00 bits per heavy atom. The van der Waals surface area contributed by atoms with Crippen molar-refractivity contribution in [2.45, 2.75) is 58.5 Å². The molecule has 1 atom stereocenters. The van der Waals surface area contributed by atoms with Crippen molar-refractivity contribution in [1.29, 1.82) is 0 Å². The van der Waals surface area contributed by atoms with Crippen LogP contribution in [-0.2, 0) is 19.4 Å². The third-order valence-electron chi connectivity index (χ3n) is 5.28. The zero-order valence-corrected chi connectivity index (χ0v) is 16.2. The van der Waals surface area contributed by atoms with Gasteiger partial charge in [-0.3, -0.25) is 4.79 Å². The Labute approximate surface area is 157 Å². The Bertz CT molecular complexity index is 971. The third-order valence-corrected chi connectivity index (χ3v) is 6.46. The Morgan fingerprint density at radius 3 is 2.77 bits per heavy atom. The van der Waals surface area contributed by atoms with Crippen LogP contribution < -0.4 is 10.9 Å². The quantitative estimate of drug-likeness (QED) is 0.702. The second-order valence-electron chi connectivity index (χ2n) is 7.16. The lowest BCUT2D eigenvalue weighted by Gasteiger charge is -2.17. The maximum atomic E-state index is 12.6. The molecule has 0 saturated carbocycles. The largest absolute Gasteiger partial charge is 0.309 e. The molecule has 2 heterocycles. The van der Waals surface area contributed by atoms with Crippen LogP contribution in [0.1, 0.15) is 59.6 Å². The van der Waals surface area contributed by atoms with Gasteiger partial charge in [-0.1, -0.05) is 36.8 Å². The summed E-state index contributed by atoms with van der Waals surface area (Å²) in [5, 5.41) is 4.38. The minimum atomic E-state index is 0.0228. The second-order valence-corrected chi connectivity index (χ2v) is 8.24. The van der Waals surface area contributed by atoms with Gasteiger partial charge >= 0.3 is 0 Å². The first-order chi connectivity index (χ1) is 12.7. The average Bonchev–Trinajstić information content (AvgIpc) is 3.02. The maximum absolute atomic E-state index is 12.6. The predicted octanol–water partition coefficient (Wildman–Crippen LogP) is 4.41. The number of fused-ring (bicyclic) bond motifs is 3. The summed E-state index contributed by atoms with van der Waals surface area (Å²) in [7, 11) is 0. The Kier molecular flexibility index (Phi) is 4.92. The Balaban J connectivity index is 1.57. The number of aryl methyl sites for hydroxylation is 3. The molecule has 2 N–H and O–H groups in total. The number of hydrogen-bond acceptors (Lipinski definition) is 4. The summed E-state index contributed by atoms with van der Waals surface area (Å²) in [4.78, 5) is 22.7. The fourth-order valence-corrected chi connectivity index (χ4v) is 5.09. The molecule has 0 aliphatic heterocycles. The first-order valence-corrected chi connectivity index (χ1v) is 10.3. The third kappa shape index (κ3) is 3.33. The van der Waals surface area contributed by atoms with Crippen LogP contribution in [-0.4, -0.2) is 9.97 Å². The molecule has 136 valence electrons. The second kappa shape index (κ2) is 7.33. The topological polar surface area (TPSA) is 57.8 Å². The molecule has 1 aromatic carbocycles. The molecule has 0 saturated heterocycles. The van der Waals surface area contributed by atoms with Crippen molar-refractivity contribution in [2.24, 2.45) is 0 Å². The number of aromatic amines is 1. The van der Waals surface area contributed by atoms with Crippen LogP contribution in [0.3, 0.4) is 0 Å². The molecule has 0 fully saturated rings. The monoisotopic (exact) mass is 367 g/mol. The molecule has 26 heavy (non-hydrogen) atoms. The highest BCUT2D eigenvalue weighted by Crippen LogP contribution is 2.33. The number of benzene rings is 1. The van der Waals surface area contributed by atoms with E-state index in [0.29, 0.717) is 6.54 Å². The number of nitrogens with one attached hydrogen (secondary N) is 2. The summed E-state index contributed by atoms with van der Waals surface area (Å²) in [5.74, 6) is 0.728. The van der Waals surface area contributed by atoms with Crippen LogP contribution in [0.25, 0.3) is 10.2 Å². The van der Waals surface area contributed by atoms with E-state index in [1.54, 1.807) is 11.3 Å². The van der Waals surface area contributed by atoms with E-state index in [4.69, 9.17) is 4.98 Å². The molecule has 2 aromatic heterocycles. The number of hydrogen-bond donors (Lipinski definition) is 2. The van der Waals surface area contributed by atoms with Crippen LogP contribution >= 0.6 is 11.3 Å². The summed E-state index contributed by atoms with van der Waals surface area (Å²) < 4.78 is 0. The average molecular weight is 368 g/mol. The fraction of sp³-hybridized carbons (Fsp3) is 0.429. The Morgan fingerprint density at radius 1 is 1.23 bits per heavy atom. The fourth-order valence-electron chi connectivity index (χ4n) is 3.81. The van der Waals surface area contributed by atoms with Gasteiger partial charge in [0.1, 0.15) is 10.7 Å². The molecule has 0 unspecified atom stereocenters. The number of nitrogens with zero attached hydrogens (tertiary/aromatic N) is 1. The van der Waals surface area contributed by atoms with Crippen LogP contribution in [0.5, 0.6) is 0 Å². The van der Waals surface area contributed by atoms with Gasteiger partial charge in [0.15, 0.2) is 0 Å². The lowest BCUT2D eigenvalue weighted by molar-refractivity contribution is 0.508. The summed E-state index contributed by atoms with van der Waals surface area (Å²) in [6.07, 6.45) is 5.50. The van der Waals surface area contributed by atoms with E-state index in [-0.39, 0.29) is 11.6 Å². The van der Waals surface area contributed by atoms with Gasteiger partial charge in [-0.25, -0.2) is 4.98 Å². The van der Waals surface area contributed by atoms with Gasteiger partial charge in [0.2, 0.25) is 0 Å². The first-order valence-electron chi connectivity index (χ1n) is 9.49.